The molecule has 0 amide bonds. The Labute approximate surface area is 106 Å². The van der Waals surface area contributed by atoms with E-state index in [2.05, 4.69) is 16.8 Å². The van der Waals surface area contributed by atoms with Crippen LogP contribution in [0.4, 0.5) is 0 Å². The highest BCUT2D eigenvalue weighted by Gasteiger charge is 2.23. The highest BCUT2D eigenvalue weighted by atomic mass is 35.5. The van der Waals surface area contributed by atoms with Crippen LogP contribution in [0.5, 0.6) is 0 Å². The maximum absolute atomic E-state index is 3.78. The molecule has 0 radical (unpaired) electrons. The second kappa shape index (κ2) is 7.31. The van der Waals surface area contributed by atoms with Crippen molar-refractivity contribution in [3.63, 3.8) is 0 Å². The minimum absolute atomic E-state index is 0. The van der Waals surface area contributed by atoms with Gasteiger partial charge in [-0.3, -0.25) is 0 Å². The van der Waals surface area contributed by atoms with E-state index >= 15 is 0 Å². The number of nitrogens with zero attached hydrogens (tertiary/aromatic N) is 1. The Hall–Kier alpha value is -0.0500. The fourth-order valence-corrected chi connectivity index (χ4v) is 2.29. The largest absolute Gasteiger partial charge is 0.314 e. The molecule has 2 aliphatic rings. The molecule has 0 aromatic carbocycles. The normalized spacial score (nSPS) is 22.8. The van der Waals surface area contributed by atoms with Crippen molar-refractivity contribution >= 4 is 12.4 Å². The fraction of sp³-hybridized carbons (Fsp3) is 0.846. The van der Waals surface area contributed by atoms with Crippen LogP contribution in [0.1, 0.15) is 32.1 Å². The summed E-state index contributed by atoms with van der Waals surface area (Å²) in [6, 6.07) is 0.797. The predicted octanol–water partition coefficient (Wildman–Crippen LogP) is 2.45. The number of hydrogen-bond acceptors (Lipinski definition) is 2. The summed E-state index contributed by atoms with van der Waals surface area (Å²) in [4.78, 5) is 2.57. The van der Waals surface area contributed by atoms with E-state index in [1.807, 2.05) is 6.08 Å². The quantitative estimate of drug-likeness (QED) is 0.723. The Morgan fingerprint density at radius 2 is 1.88 bits per heavy atom. The van der Waals surface area contributed by atoms with Crippen molar-refractivity contribution in [3.05, 3.63) is 12.7 Å². The standard InChI is InChI=1S/C13H24N2.ClH/c1-2-3-8-15-9-6-13(7-10-15)14-11-12-4-5-12;/h2,12-14H,1,3-11H2;1H. The second-order valence-corrected chi connectivity index (χ2v) is 5.04. The summed E-state index contributed by atoms with van der Waals surface area (Å²) in [6.07, 6.45) is 8.77. The van der Waals surface area contributed by atoms with Crippen LogP contribution in [0.25, 0.3) is 0 Å². The molecule has 1 aliphatic carbocycles. The van der Waals surface area contributed by atoms with Crippen molar-refractivity contribution in [3.8, 4) is 0 Å². The topological polar surface area (TPSA) is 15.3 Å². The summed E-state index contributed by atoms with van der Waals surface area (Å²) in [6.45, 7) is 8.81. The molecule has 0 atom stereocenters. The van der Waals surface area contributed by atoms with Crippen molar-refractivity contribution in [2.75, 3.05) is 26.2 Å². The third kappa shape index (κ3) is 4.86. The zero-order valence-electron chi connectivity index (χ0n) is 10.2. The van der Waals surface area contributed by atoms with Crippen LogP contribution in [-0.4, -0.2) is 37.1 Å². The molecule has 1 aliphatic heterocycles. The van der Waals surface area contributed by atoms with Crippen LogP contribution in [0.15, 0.2) is 12.7 Å². The van der Waals surface area contributed by atoms with Crippen molar-refractivity contribution in [2.45, 2.75) is 38.1 Å². The zero-order chi connectivity index (χ0) is 10.5. The highest BCUT2D eigenvalue weighted by Crippen LogP contribution is 2.28. The number of likely N-dealkylation sites (tertiary alicyclic amines) is 1. The molecule has 0 bridgehead atoms. The molecule has 0 unspecified atom stereocenters. The summed E-state index contributed by atoms with van der Waals surface area (Å²) in [5, 5.41) is 3.71. The SMILES string of the molecule is C=CCCN1CCC(NCC2CC2)CC1.Cl. The van der Waals surface area contributed by atoms with Crippen LogP contribution in [0, 0.1) is 5.92 Å². The summed E-state index contributed by atoms with van der Waals surface area (Å²) in [7, 11) is 0. The number of piperidine rings is 1. The average molecular weight is 245 g/mol. The number of hydrogen-bond donors (Lipinski definition) is 1. The lowest BCUT2D eigenvalue weighted by Gasteiger charge is -2.32. The van der Waals surface area contributed by atoms with Gasteiger partial charge < -0.3 is 10.2 Å². The number of halogens is 1. The Balaban J connectivity index is 0.00000128. The lowest BCUT2D eigenvalue weighted by atomic mass is 10.0. The van der Waals surface area contributed by atoms with Crippen molar-refractivity contribution in [1.82, 2.24) is 10.2 Å². The molecule has 2 rings (SSSR count). The minimum Gasteiger partial charge on any atom is -0.314 e. The number of nitrogens with one attached hydrogen (secondary N) is 1. The summed E-state index contributed by atoms with van der Waals surface area (Å²) >= 11 is 0. The Bertz CT molecular complexity index is 196. The molecule has 16 heavy (non-hydrogen) atoms. The van der Waals surface area contributed by atoms with Gasteiger partial charge in [-0.05, 0) is 57.7 Å². The van der Waals surface area contributed by atoms with E-state index in [0.717, 1.165) is 18.4 Å². The van der Waals surface area contributed by atoms with Crippen LogP contribution in [-0.2, 0) is 0 Å². The minimum atomic E-state index is 0. The maximum atomic E-state index is 3.78. The van der Waals surface area contributed by atoms with E-state index in [-0.39, 0.29) is 12.4 Å². The lowest BCUT2D eigenvalue weighted by Crippen LogP contribution is -2.43. The predicted molar refractivity (Wildman–Crippen MR) is 72.3 cm³/mol. The average Bonchev–Trinajstić information content (AvgIpc) is 3.09. The van der Waals surface area contributed by atoms with E-state index in [1.165, 1.54) is 51.9 Å². The monoisotopic (exact) mass is 244 g/mol. The first-order chi connectivity index (χ1) is 7.38. The molecule has 2 nitrogen and oxygen atoms in total. The first kappa shape index (κ1) is 14.0. The smallest absolute Gasteiger partial charge is 0.00915 e. The van der Waals surface area contributed by atoms with Gasteiger partial charge in [0, 0.05) is 12.6 Å². The molecule has 1 heterocycles. The summed E-state index contributed by atoms with van der Waals surface area (Å²) in [5.74, 6) is 1.02. The number of rotatable bonds is 6. The van der Waals surface area contributed by atoms with Crippen molar-refractivity contribution < 1.29 is 0 Å². The van der Waals surface area contributed by atoms with Gasteiger partial charge >= 0.3 is 0 Å². The third-order valence-electron chi connectivity index (χ3n) is 3.63. The van der Waals surface area contributed by atoms with E-state index in [9.17, 15) is 0 Å². The van der Waals surface area contributed by atoms with Crippen LogP contribution >= 0.6 is 12.4 Å². The lowest BCUT2D eigenvalue weighted by molar-refractivity contribution is 0.200. The van der Waals surface area contributed by atoms with Gasteiger partial charge in [0.05, 0.1) is 0 Å². The van der Waals surface area contributed by atoms with Crippen LogP contribution in [0.3, 0.4) is 0 Å². The van der Waals surface area contributed by atoms with Gasteiger partial charge in [0.25, 0.3) is 0 Å². The molecule has 2 fully saturated rings. The van der Waals surface area contributed by atoms with Gasteiger partial charge in [0.2, 0.25) is 0 Å². The van der Waals surface area contributed by atoms with E-state index in [1.54, 1.807) is 0 Å². The molecule has 1 saturated carbocycles. The van der Waals surface area contributed by atoms with Gasteiger partial charge in [-0.25, -0.2) is 0 Å². The first-order valence-electron chi connectivity index (χ1n) is 6.45. The van der Waals surface area contributed by atoms with E-state index in [4.69, 9.17) is 0 Å². The molecule has 0 aromatic rings. The molecule has 94 valence electrons. The third-order valence-corrected chi connectivity index (χ3v) is 3.63. The maximum Gasteiger partial charge on any atom is 0.00915 e. The summed E-state index contributed by atoms with van der Waals surface area (Å²) in [5.41, 5.74) is 0. The van der Waals surface area contributed by atoms with Crippen molar-refractivity contribution in [1.29, 1.82) is 0 Å². The molecular formula is C13H25ClN2. The highest BCUT2D eigenvalue weighted by molar-refractivity contribution is 5.85. The van der Waals surface area contributed by atoms with Crippen LogP contribution < -0.4 is 5.32 Å². The Morgan fingerprint density at radius 3 is 2.44 bits per heavy atom. The molecule has 1 N–H and O–H groups in total. The first-order valence-corrected chi connectivity index (χ1v) is 6.45. The van der Waals surface area contributed by atoms with Gasteiger partial charge in [-0.15, -0.1) is 19.0 Å². The second-order valence-electron chi connectivity index (χ2n) is 5.04. The molecule has 1 saturated heterocycles. The van der Waals surface area contributed by atoms with Crippen molar-refractivity contribution in [2.24, 2.45) is 5.92 Å². The van der Waals surface area contributed by atoms with Gasteiger partial charge in [-0.1, -0.05) is 6.08 Å². The van der Waals surface area contributed by atoms with Gasteiger partial charge in [0.1, 0.15) is 0 Å². The molecular weight excluding hydrogens is 220 g/mol. The fourth-order valence-electron chi connectivity index (χ4n) is 2.29. The van der Waals surface area contributed by atoms with Gasteiger partial charge in [-0.2, -0.15) is 0 Å². The zero-order valence-corrected chi connectivity index (χ0v) is 11.0. The Kier molecular flexibility index (Phi) is 6.40. The molecule has 3 heteroatoms. The van der Waals surface area contributed by atoms with Gasteiger partial charge in [0.15, 0.2) is 0 Å². The van der Waals surface area contributed by atoms with Crippen LogP contribution in [0.2, 0.25) is 0 Å². The van der Waals surface area contributed by atoms with E-state index < -0.39 is 0 Å². The Morgan fingerprint density at radius 1 is 1.19 bits per heavy atom. The summed E-state index contributed by atoms with van der Waals surface area (Å²) < 4.78 is 0. The molecule has 0 aromatic heterocycles. The van der Waals surface area contributed by atoms with E-state index in [0.29, 0.717) is 0 Å². The molecule has 0 spiro atoms.